The Hall–Kier alpha value is -2.70. The number of alkyl halides is 2. The van der Waals surface area contributed by atoms with Gasteiger partial charge in [-0.15, -0.1) is 0 Å². The van der Waals surface area contributed by atoms with Gasteiger partial charge in [-0.05, 0) is 24.3 Å². The average Bonchev–Trinajstić information content (AvgIpc) is 2.40. The van der Waals surface area contributed by atoms with Crippen LogP contribution in [0.4, 0.5) is 20.3 Å². The second-order valence-electron chi connectivity index (χ2n) is 3.80. The van der Waals surface area contributed by atoms with E-state index in [1.807, 2.05) is 0 Å². The minimum absolute atomic E-state index is 0.113. The van der Waals surface area contributed by atoms with Crippen molar-refractivity contribution in [1.29, 1.82) is 0 Å². The van der Waals surface area contributed by atoms with Crippen molar-refractivity contribution in [2.45, 2.75) is 6.61 Å². The number of amides is 1. The van der Waals surface area contributed by atoms with E-state index in [9.17, 15) is 13.6 Å². The second-order valence-corrected chi connectivity index (χ2v) is 3.80. The van der Waals surface area contributed by atoms with E-state index < -0.39 is 12.5 Å². The van der Waals surface area contributed by atoms with Gasteiger partial charge in [0, 0.05) is 11.8 Å². The lowest BCUT2D eigenvalue weighted by Crippen LogP contribution is -2.14. The Bertz CT molecular complexity index is 620. The van der Waals surface area contributed by atoms with E-state index in [0.717, 1.165) is 0 Å². The van der Waals surface area contributed by atoms with E-state index in [-0.39, 0.29) is 22.8 Å². The number of benzene rings is 1. The number of halogens is 2. The molecule has 104 valence electrons. The summed E-state index contributed by atoms with van der Waals surface area (Å²) in [6, 6.07) is 8.75. The van der Waals surface area contributed by atoms with E-state index in [1.165, 1.54) is 36.5 Å². The number of nitrogens with one attached hydrogen (secondary N) is 1. The lowest BCUT2D eigenvalue weighted by Gasteiger charge is -2.11. The van der Waals surface area contributed by atoms with Gasteiger partial charge in [0.15, 0.2) is 0 Å². The molecule has 1 aromatic heterocycles. The number of nitrogens with zero attached hydrogens (tertiary/aromatic N) is 1. The van der Waals surface area contributed by atoms with Gasteiger partial charge in [0.1, 0.15) is 11.6 Å². The first-order chi connectivity index (χ1) is 9.56. The number of hydrogen-bond donors (Lipinski definition) is 2. The normalized spacial score (nSPS) is 10.3. The van der Waals surface area contributed by atoms with Gasteiger partial charge in [0.2, 0.25) is 0 Å². The molecule has 0 aliphatic rings. The Morgan fingerprint density at radius 2 is 2.05 bits per heavy atom. The summed E-state index contributed by atoms with van der Waals surface area (Å²) >= 11 is 0. The van der Waals surface area contributed by atoms with Gasteiger partial charge in [0.25, 0.3) is 5.91 Å². The average molecular weight is 279 g/mol. The Balaban J connectivity index is 2.19. The lowest BCUT2D eigenvalue weighted by molar-refractivity contribution is -0.0493. The van der Waals surface area contributed by atoms with Crippen molar-refractivity contribution in [2.75, 3.05) is 11.1 Å². The Labute approximate surface area is 113 Å². The highest BCUT2D eigenvalue weighted by molar-refractivity contribution is 6.05. The van der Waals surface area contributed by atoms with Gasteiger partial charge in [-0.2, -0.15) is 8.78 Å². The van der Waals surface area contributed by atoms with E-state index in [2.05, 4.69) is 15.0 Å². The molecular weight excluding hydrogens is 268 g/mol. The number of pyridine rings is 1. The first-order valence-corrected chi connectivity index (χ1v) is 5.63. The molecule has 0 unspecified atom stereocenters. The third-order valence-corrected chi connectivity index (χ3v) is 2.39. The maximum absolute atomic E-state index is 12.3. The van der Waals surface area contributed by atoms with Crippen molar-refractivity contribution >= 4 is 17.4 Å². The summed E-state index contributed by atoms with van der Waals surface area (Å²) in [5, 5.41) is 2.48. The minimum atomic E-state index is -2.97. The molecule has 1 amide bonds. The summed E-state index contributed by atoms with van der Waals surface area (Å²) in [5.74, 6) is -0.419. The molecule has 1 aromatic carbocycles. The molecular formula is C13H11F2N3O2. The number of carbonyl (C=O) groups excluding carboxylic acids is 1. The Kier molecular flexibility index (Phi) is 4.09. The molecule has 2 rings (SSSR count). The third-order valence-electron chi connectivity index (χ3n) is 2.39. The maximum Gasteiger partial charge on any atom is 0.387 e. The van der Waals surface area contributed by atoms with Crippen LogP contribution in [0.25, 0.3) is 0 Å². The highest BCUT2D eigenvalue weighted by atomic mass is 19.3. The first kappa shape index (κ1) is 13.7. The van der Waals surface area contributed by atoms with Crippen molar-refractivity contribution < 1.29 is 18.3 Å². The van der Waals surface area contributed by atoms with Gasteiger partial charge in [-0.3, -0.25) is 4.79 Å². The summed E-state index contributed by atoms with van der Waals surface area (Å²) in [6.45, 7) is -2.97. The molecule has 0 radical (unpaired) electrons. The molecule has 0 aliphatic carbocycles. The molecule has 2 aromatic rings. The number of hydrogen-bond acceptors (Lipinski definition) is 4. The van der Waals surface area contributed by atoms with Crippen LogP contribution in [0.1, 0.15) is 10.4 Å². The number of aromatic nitrogens is 1. The van der Waals surface area contributed by atoms with Crippen LogP contribution in [0.3, 0.4) is 0 Å². The molecule has 7 heteroatoms. The van der Waals surface area contributed by atoms with E-state index in [1.54, 1.807) is 6.07 Å². The zero-order valence-electron chi connectivity index (χ0n) is 10.2. The largest absolute Gasteiger partial charge is 0.433 e. The monoisotopic (exact) mass is 279 g/mol. The molecule has 0 saturated carbocycles. The first-order valence-electron chi connectivity index (χ1n) is 5.63. The fourth-order valence-corrected chi connectivity index (χ4v) is 1.55. The smallest absolute Gasteiger partial charge is 0.387 e. The van der Waals surface area contributed by atoms with Crippen LogP contribution in [-0.4, -0.2) is 17.5 Å². The van der Waals surface area contributed by atoms with Crippen LogP contribution in [0, 0.1) is 0 Å². The minimum Gasteiger partial charge on any atom is -0.433 e. The second kappa shape index (κ2) is 5.96. The van der Waals surface area contributed by atoms with Gasteiger partial charge in [-0.25, -0.2) is 4.98 Å². The predicted molar refractivity (Wildman–Crippen MR) is 69.7 cm³/mol. The Morgan fingerprint density at radius 3 is 2.75 bits per heavy atom. The lowest BCUT2D eigenvalue weighted by atomic mass is 10.2. The van der Waals surface area contributed by atoms with Gasteiger partial charge in [-0.1, -0.05) is 12.1 Å². The van der Waals surface area contributed by atoms with Crippen molar-refractivity contribution in [3.63, 3.8) is 0 Å². The number of carbonyl (C=O) groups is 1. The fourth-order valence-electron chi connectivity index (χ4n) is 1.55. The summed E-state index contributed by atoms with van der Waals surface area (Å²) in [4.78, 5) is 15.7. The number of ether oxygens (including phenoxy) is 1. The summed E-state index contributed by atoms with van der Waals surface area (Å²) in [6.07, 6.45) is 1.38. The van der Waals surface area contributed by atoms with Crippen molar-refractivity contribution in [3.8, 4) is 5.75 Å². The molecule has 0 bridgehead atoms. The van der Waals surface area contributed by atoms with E-state index >= 15 is 0 Å². The van der Waals surface area contributed by atoms with E-state index in [4.69, 9.17) is 5.73 Å². The number of nitrogen functional groups attached to an aromatic ring is 1. The highest BCUT2D eigenvalue weighted by Crippen LogP contribution is 2.26. The van der Waals surface area contributed by atoms with Crippen molar-refractivity contribution in [2.24, 2.45) is 0 Å². The van der Waals surface area contributed by atoms with Crippen LogP contribution in [0.5, 0.6) is 5.75 Å². The number of para-hydroxylation sites is 2. The molecule has 20 heavy (non-hydrogen) atoms. The summed E-state index contributed by atoms with van der Waals surface area (Å²) in [7, 11) is 0. The number of rotatable bonds is 4. The SMILES string of the molecule is Nc1cc(C(=O)Nc2ccccc2OC(F)F)ccn1. The van der Waals surface area contributed by atoms with Crippen LogP contribution in [-0.2, 0) is 0 Å². The third kappa shape index (κ3) is 3.41. The van der Waals surface area contributed by atoms with Gasteiger partial charge in [0.05, 0.1) is 5.69 Å². The molecule has 0 atom stereocenters. The molecule has 0 spiro atoms. The number of anilines is 2. The molecule has 5 nitrogen and oxygen atoms in total. The molecule has 0 aliphatic heterocycles. The fraction of sp³-hybridized carbons (Fsp3) is 0.0769. The van der Waals surface area contributed by atoms with Crippen LogP contribution >= 0.6 is 0 Å². The van der Waals surface area contributed by atoms with Gasteiger partial charge < -0.3 is 15.8 Å². The maximum atomic E-state index is 12.3. The van der Waals surface area contributed by atoms with Crippen LogP contribution in [0.15, 0.2) is 42.6 Å². The van der Waals surface area contributed by atoms with Crippen molar-refractivity contribution in [1.82, 2.24) is 4.98 Å². The van der Waals surface area contributed by atoms with E-state index in [0.29, 0.717) is 0 Å². The predicted octanol–water partition coefficient (Wildman–Crippen LogP) is 2.52. The number of nitrogens with two attached hydrogens (primary N) is 1. The topological polar surface area (TPSA) is 77.2 Å². The molecule has 0 saturated heterocycles. The van der Waals surface area contributed by atoms with Crippen molar-refractivity contribution in [3.05, 3.63) is 48.2 Å². The highest BCUT2D eigenvalue weighted by Gasteiger charge is 2.12. The molecule has 3 N–H and O–H groups in total. The standard InChI is InChI=1S/C13H11F2N3O2/c14-13(15)20-10-4-2-1-3-9(10)18-12(19)8-5-6-17-11(16)7-8/h1-7,13H,(H2,16,17)(H,18,19). The quantitative estimate of drug-likeness (QED) is 0.901. The zero-order valence-corrected chi connectivity index (χ0v) is 10.2. The zero-order chi connectivity index (χ0) is 14.5. The summed E-state index contributed by atoms with van der Waals surface area (Å²) in [5.41, 5.74) is 5.88. The summed E-state index contributed by atoms with van der Waals surface area (Å²) < 4.78 is 28.8. The Morgan fingerprint density at radius 1 is 1.30 bits per heavy atom. The van der Waals surface area contributed by atoms with Gasteiger partial charge >= 0.3 is 6.61 Å². The van der Waals surface area contributed by atoms with Crippen LogP contribution in [0.2, 0.25) is 0 Å². The molecule has 1 heterocycles. The molecule has 0 fully saturated rings. The van der Waals surface area contributed by atoms with Crippen LogP contribution < -0.4 is 15.8 Å².